The van der Waals surface area contributed by atoms with Gasteiger partial charge in [0.05, 0.1) is 16.5 Å². The Bertz CT molecular complexity index is 995. The average molecular weight is 386 g/mol. The lowest BCUT2D eigenvalue weighted by atomic mass is 10.2. The van der Waals surface area contributed by atoms with E-state index in [-0.39, 0.29) is 29.6 Å². The summed E-state index contributed by atoms with van der Waals surface area (Å²) in [6.45, 7) is 1.00. The van der Waals surface area contributed by atoms with Gasteiger partial charge in [-0.1, -0.05) is 5.16 Å². The number of carbonyl (C=O) groups excluding carboxylic acids is 1. The summed E-state index contributed by atoms with van der Waals surface area (Å²) in [5.41, 5.74) is 0.683. The van der Waals surface area contributed by atoms with E-state index in [0.717, 1.165) is 18.6 Å². The van der Waals surface area contributed by atoms with E-state index in [2.05, 4.69) is 5.16 Å². The molecule has 0 N–H and O–H groups in total. The van der Waals surface area contributed by atoms with Gasteiger partial charge in [-0.15, -0.1) is 0 Å². The third-order valence-electron chi connectivity index (χ3n) is 4.87. The number of nitriles is 1. The zero-order valence-electron chi connectivity index (χ0n) is 14.5. The number of piperazine rings is 1. The van der Waals surface area contributed by atoms with Crippen LogP contribution in [0.1, 0.15) is 40.6 Å². The van der Waals surface area contributed by atoms with Crippen LogP contribution in [0.25, 0.3) is 0 Å². The summed E-state index contributed by atoms with van der Waals surface area (Å²) in [4.78, 5) is 14.3. The molecule has 140 valence electrons. The lowest BCUT2D eigenvalue weighted by molar-refractivity contribution is 0.0687. The Kier molecular flexibility index (Phi) is 4.45. The fourth-order valence-electron chi connectivity index (χ4n) is 3.09. The highest BCUT2D eigenvalue weighted by atomic mass is 32.2. The summed E-state index contributed by atoms with van der Waals surface area (Å²) < 4.78 is 32.0. The first-order valence-corrected chi connectivity index (χ1v) is 10.2. The highest BCUT2D eigenvalue weighted by molar-refractivity contribution is 7.89. The molecule has 4 rings (SSSR count). The summed E-state index contributed by atoms with van der Waals surface area (Å²) in [6.07, 6.45) is 2.13. The van der Waals surface area contributed by atoms with Gasteiger partial charge in [0.25, 0.3) is 5.91 Å². The van der Waals surface area contributed by atoms with Crippen molar-refractivity contribution >= 4 is 15.9 Å². The Labute approximate surface area is 157 Å². The van der Waals surface area contributed by atoms with E-state index in [0.29, 0.717) is 24.6 Å². The monoisotopic (exact) mass is 386 g/mol. The van der Waals surface area contributed by atoms with Crippen molar-refractivity contribution in [1.82, 2.24) is 14.4 Å². The van der Waals surface area contributed by atoms with E-state index < -0.39 is 10.0 Å². The summed E-state index contributed by atoms with van der Waals surface area (Å²) in [7, 11) is -3.65. The van der Waals surface area contributed by atoms with Crippen molar-refractivity contribution in [1.29, 1.82) is 5.26 Å². The molecule has 1 aliphatic heterocycles. The molecule has 8 nitrogen and oxygen atoms in total. The molecule has 1 aromatic carbocycles. The predicted molar refractivity (Wildman–Crippen MR) is 94.3 cm³/mol. The SMILES string of the molecule is N#Cc1ccc(S(=O)(=O)N2CCN(C(=O)c3cc(C4CC4)on3)CC2)cc1. The maximum absolute atomic E-state index is 12.7. The number of rotatable bonds is 4. The fraction of sp³-hybridized carbons (Fsp3) is 0.389. The van der Waals surface area contributed by atoms with Gasteiger partial charge >= 0.3 is 0 Å². The quantitative estimate of drug-likeness (QED) is 0.789. The highest BCUT2D eigenvalue weighted by Crippen LogP contribution is 2.40. The van der Waals surface area contributed by atoms with Gasteiger partial charge in [0.15, 0.2) is 5.69 Å². The van der Waals surface area contributed by atoms with Crippen LogP contribution in [0.2, 0.25) is 0 Å². The predicted octanol–water partition coefficient (Wildman–Crippen LogP) is 1.57. The summed E-state index contributed by atoms with van der Waals surface area (Å²) in [6, 6.07) is 9.48. The number of hydrogen-bond acceptors (Lipinski definition) is 6. The number of sulfonamides is 1. The zero-order valence-corrected chi connectivity index (χ0v) is 15.4. The number of aromatic nitrogens is 1. The summed E-state index contributed by atoms with van der Waals surface area (Å²) in [5.74, 6) is 0.898. The summed E-state index contributed by atoms with van der Waals surface area (Å²) in [5, 5.41) is 12.7. The molecule has 0 atom stereocenters. The van der Waals surface area contributed by atoms with E-state index >= 15 is 0 Å². The van der Waals surface area contributed by atoms with Gasteiger partial charge in [-0.25, -0.2) is 8.42 Å². The molecule has 2 heterocycles. The van der Waals surface area contributed by atoms with Crippen molar-refractivity contribution in [3.05, 3.63) is 47.3 Å². The minimum atomic E-state index is -3.65. The lowest BCUT2D eigenvalue weighted by Gasteiger charge is -2.33. The molecule has 9 heteroatoms. The number of benzene rings is 1. The number of nitrogens with zero attached hydrogens (tertiary/aromatic N) is 4. The van der Waals surface area contributed by atoms with Gasteiger partial charge < -0.3 is 9.42 Å². The van der Waals surface area contributed by atoms with Crippen LogP contribution in [-0.4, -0.2) is 54.9 Å². The topological polar surface area (TPSA) is 108 Å². The first-order valence-electron chi connectivity index (χ1n) is 8.75. The second-order valence-electron chi connectivity index (χ2n) is 6.72. The normalized spacial score (nSPS) is 18.3. The number of amides is 1. The molecule has 1 saturated heterocycles. The van der Waals surface area contributed by atoms with Crippen molar-refractivity contribution in [3.8, 4) is 6.07 Å². The largest absolute Gasteiger partial charge is 0.360 e. The molecule has 1 aromatic heterocycles. The summed E-state index contributed by atoms with van der Waals surface area (Å²) >= 11 is 0. The molecule has 2 aliphatic rings. The van der Waals surface area contributed by atoms with Gasteiger partial charge in [-0.2, -0.15) is 9.57 Å². The van der Waals surface area contributed by atoms with Gasteiger partial charge in [0.2, 0.25) is 10.0 Å². The number of carbonyl (C=O) groups is 1. The standard InChI is InChI=1S/C18H18N4O4S/c19-12-13-1-5-15(6-2-13)27(24,25)22-9-7-21(8-10-22)18(23)16-11-17(26-20-16)14-3-4-14/h1-2,5-6,11,14H,3-4,7-10H2. The van der Waals surface area contributed by atoms with Gasteiger partial charge in [0.1, 0.15) is 5.76 Å². The molecule has 0 spiro atoms. The van der Waals surface area contributed by atoms with Crippen molar-refractivity contribution in [3.63, 3.8) is 0 Å². The molecule has 2 fully saturated rings. The Hall–Kier alpha value is -2.70. The van der Waals surface area contributed by atoms with E-state index in [1.54, 1.807) is 11.0 Å². The Balaban J connectivity index is 1.41. The van der Waals surface area contributed by atoms with E-state index in [1.807, 2.05) is 6.07 Å². The average Bonchev–Trinajstić information content (AvgIpc) is 3.44. The first kappa shape index (κ1) is 17.7. The molecule has 27 heavy (non-hydrogen) atoms. The van der Waals surface area contributed by atoms with Gasteiger partial charge in [-0.3, -0.25) is 4.79 Å². The van der Waals surface area contributed by atoms with Crippen LogP contribution in [0.15, 0.2) is 39.8 Å². The van der Waals surface area contributed by atoms with Crippen LogP contribution in [0.4, 0.5) is 0 Å². The second-order valence-corrected chi connectivity index (χ2v) is 8.66. The zero-order chi connectivity index (χ0) is 19.0. The molecule has 0 radical (unpaired) electrons. The van der Waals surface area contributed by atoms with Crippen molar-refractivity contribution in [2.24, 2.45) is 0 Å². The van der Waals surface area contributed by atoms with Gasteiger partial charge in [0, 0.05) is 38.2 Å². The van der Waals surface area contributed by atoms with Crippen molar-refractivity contribution in [2.45, 2.75) is 23.7 Å². The Morgan fingerprint density at radius 3 is 2.41 bits per heavy atom. The Morgan fingerprint density at radius 1 is 1.15 bits per heavy atom. The second kappa shape index (κ2) is 6.79. The van der Waals surface area contributed by atoms with Crippen LogP contribution in [0.5, 0.6) is 0 Å². The van der Waals surface area contributed by atoms with Crippen LogP contribution in [0, 0.1) is 11.3 Å². The molecule has 1 saturated carbocycles. The van der Waals surface area contributed by atoms with E-state index in [9.17, 15) is 13.2 Å². The number of hydrogen-bond donors (Lipinski definition) is 0. The van der Waals surface area contributed by atoms with Crippen LogP contribution >= 0.6 is 0 Å². The molecular formula is C18H18N4O4S. The molecule has 0 unspecified atom stereocenters. The van der Waals surface area contributed by atoms with Crippen LogP contribution in [0.3, 0.4) is 0 Å². The van der Waals surface area contributed by atoms with Crippen LogP contribution in [-0.2, 0) is 10.0 Å². The van der Waals surface area contributed by atoms with Crippen molar-refractivity contribution < 1.29 is 17.7 Å². The lowest BCUT2D eigenvalue weighted by Crippen LogP contribution is -2.50. The third-order valence-corrected chi connectivity index (χ3v) is 6.79. The van der Waals surface area contributed by atoms with Crippen LogP contribution < -0.4 is 0 Å². The molecule has 0 bridgehead atoms. The Morgan fingerprint density at radius 2 is 1.81 bits per heavy atom. The minimum absolute atomic E-state index is 0.145. The first-order chi connectivity index (χ1) is 13.0. The highest BCUT2D eigenvalue weighted by Gasteiger charge is 2.33. The molecule has 1 amide bonds. The molecule has 2 aromatic rings. The maximum Gasteiger partial charge on any atom is 0.276 e. The van der Waals surface area contributed by atoms with E-state index in [1.165, 1.54) is 28.6 Å². The van der Waals surface area contributed by atoms with Gasteiger partial charge in [-0.05, 0) is 37.1 Å². The van der Waals surface area contributed by atoms with E-state index in [4.69, 9.17) is 9.78 Å². The smallest absolute Gasteiger partial charge is 0.276 e. The maximum atomic E-state index is 12.7. The molecule has 1 aliphatic carbocycles. The third kappa shape index (κ3) is 3.46. The van der Waals surface area contributed by atoms with Crippen molar-refractivity contribution in [2.75, 3.05) is 26.2 Å². The fourth-order valence-corrected chi connectivity index (χ4v) is 4.52. The molecular weight excluding hydrogens is 368 g/mol. The minimum Gasteiger partial charge on any atom is -0.360 e.